The van der Waals surface area contributed by atoms with Crippen LogP contribution in [0.25, 0.3) is 0 Å². The van der Waals surface area contributed by atoms with Crippen LogP contribution in [0.15, 0.2) is 48.5 Å². The molecule has 4 atom stereocenters. The molecule has 9 nitrogen and oxygen atoms in total. The van der Waals surface area contributed by atoms with Crippen LogP contribution in [0.3, 0.4) is 0 Å². The number of methoxy groups -OCH3 is 1. The van der Waals surface area contributed by atoms with E-state index in [1.54, 1.807) is 64.3 Å². The molecule has 3 amide bonds. The summed E-state index contributed by atoms with van der Waals surface area (Å²) in [7, 11) is 1.55. The Kier molecular flexibility index (Phi) is 8.96. The molecule has 3 rings (SSSR count). The normalized spacial score (nSPS) is 18.2. The molecule has 0 saturated heterocycles. The molecule has 4 unspecified atom stereocenters. The van der Waals surface area contributed by atoms with E-state index in [9.17, 15) is 19.5 Å². The minimum absolute atomic E-state index is 0.00252. The average Bonchev–Trinajstić information content (AvgIpc) is 3.55. The van der Waals surface area contributed by atoms with Crippen molar-refractivity contribution in [1.29, 1.82) is 0 Å². The van der Waals surface area contributed by atoms with Crippen molar-refractivity contribution in [1.82, 2.24) is 10.2 Å². The lowest BCUT2D eigenvalue weighted by atomic mass is 10.0. The fourth-order valence-corrected chi connectivity index (χ4v) is 4.25. The van der Waals surface area contributed by atoms with Crippen molar-refractivity contribution < 1.29 is 29.0 Å². The molecule has 1 aliphatic carbocycles. The second-order valence-corrected chi connectivity index (χ2v) is 10.5. The van der Waals surface area contributed by atoms with Crippen LogP contribution in [-0.2, 0) is 14.3 Å². The van der Waals surface area contributed by atoms with Gasteiger partial charge in [0.05, 0.1) is 7.11 Å². The molecular formula is C27H35N3O6S. The molecule has 2 aromatic carbocycles. The van der Waals surface area contributed by atoms with Crippen LogP contribution in [0.5, 0.6) is 11.5 Å². The summed E-state index contributed by atoms with van der Waals surface area (Å²) in [5.41, 5.74) is 0.208. The summed E-state index contributed by atoms with van der Waals surface area (Å²) in [6.45, 7) is 7.17. The van der Waals surface area contributed by atoms with Gasteiger partial charge in [-0.3, -0.25) is 9.59 Å². The number of alkyl carbamates (subject to hydrolysis) is 1. The lowest BCUT2D eigenvalue weighted by Crippen LogP contribution is -2.54. The fraction of sp³-hybridized carbons (Fsp3) is 0.444. The van der Waals surface area contributed by atoms with Crippen LogP contribution in [0.2, 0.25) is 0 Å². The predicted octanol–water partition coefficient (Wildman–Crippen LogP) is 4.14. The van der Waals surface area contributed by atoms with Gasteiger partial charge in [-0.1, -0.05) is 19.1 Å². The maximum Gasteiger partial charge on any atom is 0.408 e. The maximum atomic E-state index is 13.9. The molecule has 0 bridgehead atoms. The number of thiol groups is 1. The number of benzene rings is 2. The lowest BCUT2D eigenvalue weighted by Gasteiger charge is -2.34. The molecule has 0 aromatic heterocycles. The Bertz CT molecular complexity index is 1120. The third-order valence-corrected chi connectivity index (χ3v) is 6.29. The van der Waals surface area contributed by atoms with Crippen molar-refractivity contribution in [3.63, 3.8) is 0 Å². The minimum atomic E-state index is -1.07. The standard InChI is InChI=1S/C27H35N3O6S/c1-16-13-22(16)30(25(33)21(15-37)29-26(34)36-27(2,3)4)23(17-7-6-8-19(31)14-17)24(32)28-18-9-11-20(35-5)12-10-18/h6-12,14,16,21-23,31,37H,13,15H2,1-5H3,(H,28,32)(H,29,34). The first kappa shape index (κ1) is 28.2. The first-order valence-electron chi connectivity index (χ1n) is 12.1. The second kappa shape index (κ2) is 11.8. The van der Waals surface area contributed by atoms with Gasteiger partial charge in [-0.05, 0) is 75.1 Å². The number of rotatable bonds is 9. The Morgan fingerprint density at radius 1 is 1.16 bits per heavy atom. The third kappa shape index (κ3) is 7.55. The van der Waals surface area contributed by atoms with Gasteiger partial charge in [0.2, 0.25) is 5.91 Å². The zero-order valence-corrected chi connectivity index (χ0v) is 22.6. The van der Waals surface area contributed by atoms with Crippen molar-refractivity contribution in [3.05, 3.63) is 54.1 Å². The number of hydrogen-bond acceptors (Lipinski definition) is 7. The zero-order chi connectivity index (χ0) is 27.3. The van der Waals surface area contributed by atoms with Crippen molar-refractivity contribution >= 4 is 36.2 Å². The zero-order valence-electron chi connectivity index (χ0n) is 21.7. The monoisotopic (exact) mass is 529 g/mol. The average molecular weight is 530 g/mol. The number of anilines is 1. The van der Waals surface area contributed by atoms with Gasteiger partial charge in [0.1, 0.15) is 29.2 Å². The van der Waals surface area contributed by atoms with E-state index in [1.165, 1.54) is 17.0 Å². The molecule has 0 radical (unpaired) electrons. The summed E-state index contributed by atoms with van der Waals surface area (Å²) < 4.78 is 10.5. The summed E-state index contributed by atoms with van der Waals surface area (Å²) in [4.78, 5) is 41.6. The molecule has 1 saturated carbocycles. The molecule has 200 valence electrons. The Hall–Kier alpha value is -3.40. The van der Waals surface area contributed by atoms with Gasteiger partial charge in [-0.15, -0.1) is 0 Å². The highest BCUT2D eigenvalue weighted by Crippen LogP contribution is 2.41. The lowest BCUT2D eigenvalue weighted by molar-refractivity contribution is -0.141. The first-order valence-corrected chi connectivity index (χ1v) is 12.7. The molecule has 1 aliphatic rings. The van der Waals surface area contributed by atoms with Gasteiger partial charge < -0.3 is 30.1 Å². The van der Waals surface area contributed by atoms with Gasteiger partial charge in [-0.25, -0.2) is 4.79 Å². The van der Waals surface area contributed by atoms with Gasteiger partial charge in [0.15, 0.2) is 0 Å². The van der Waals surface area contributed by atoms with E-state index >= 15 is 0 Å². The van der Waals surface area contributed by atoms with Crippen LogP contribution in [0, 0.1) is 5.92 Å². The fourth-order valence-electron chi connectivity index (χ4n) is 4.01. The Balaban J connectivity index is 1.96. The van der Waals surface area contributed by atoms with Crippen molar-refractivity contribution in [2.24, 2.45) is 5.92 Å². The number of phenolic OH excluding ortho intramolecular Hbond substituents is 1. The number of aromatic hydroxyl groups is 1. The quantitative estimate of drug-likeness (QED) is 0.363. The smallest absolute Gasteiger partial charge is 0.408 e. The van der Waals surface area contributed by atoms with E-state index in [0.29, 0.717) is 23.4 Å². The highest BCUT2D eigenvalue weighted by Gasteiger charge is 2.48. The molecule has 0 spiro atoms. The number of nitrogens with one attached hydrogen (secondary N) is 2. The summed E-state index contributed by atoms with van der Waals surface area (Å²) in [5, 5.41) is 15.6. The Morgan fingerprint density at radius 2 is 1.81 bits per heavy atom. The van der Waals surface area contributed by atoms with E-state index in [-0.39, 0.29) is 23.5 Å². The SMILES string of the molecule is COc1ccc(NC(=O)C(c2cccc(O)c2)N(C(=O)C(CS)NC(=O)OC(C)(C)C)C2CC2C)cc1. The van der Waals surface area contributed by atoms with Crippen LogP contribution in [0.1, 0.15) is 45.7 Å². The number of carbonyl (C=O) groups is 3. The van der Waals surface area contributed by atoms with Crippen molar-refractivity contribution in [2.45, 2.75) is 57.8 Å². The second-order valence-electron chi connectivity index (χ2n) is 10.1. The highest BCUT2D eigenvalue weighted by atomic mass is 32.1. The number of phenols is 1. The highest BCUT2D eigenvalue weighted by molar-refractivity contribution is 7.80. The van der Waals surface area contributed by atoms with Crippen molar-refractivity contribution in [2.75, 3.05) is 18.2 Å². The molecule has 0 aliphatic heterocycles. The van der Waals surface area contributed by atoms with Gasteiger partial charge in [-0.2, -0.15) is 12.6 Å². The van der Waals surface area contributed by atoms with Gasteiger partial charge >= 0.3 is 6.09 Å². The molecule has 37 heavy (non-hydrogen) atoms. The van der Waals surface area contributed by atoms with E-state index in [4.69, 9.17) is 9.47 Å². The van der Waals surface area contributed by atoms with E-state index in [0.717, 1.165) is 0 Å². The number of amides is 3. The predicted molar refractivity (Wildman–Crippen MR) is 144 cm³/mol. The molecule has 0 heterocycles. The first-order chi connectivity index (χ1) is 17.4. The van der Waals surface area contributed by atoms with Crippen LogP contribution < -0.4 is 15.4 Å². The summed E-state index contributed by atoms with van der Waals surface area (Å²) in [5.74, 6) is -0.168. The third-order valence-electron chi connectivity index (χ3n) is 5.92. The van der Waals surface area contributed by atoms with Crippen molar-refractivity contribution in [3.8, 4) is 11.5 Å². The van der Waals surface area contributed by atoms with E-state index in [2.05, 4.69) is 23.3 Å². The molecular weight excluding hydrogens is 494 g/mol. The summed E-state index contributed by atoms with van der Waals surface area (Å²) >= 11 is 4.30. The topological polar surface area (TPSA) is 117 Å². The molecule has 1 fully saturated rings. The number of ether oxygens (including phenoxy) is 2. The summed E-state index contributed by atoms with van der Waals surface area (Å²) in [6.07, 6.45) is -0.0527. The largest absolute Gasteiger partial charge is 0.508 e. The number of nitrogens with zero attached hydrogens (tertiary/aromatic N) is 1. The molecule has 3 N–H and O–H groups in total. The van der Waals surface area contributed by atoms with E-state index in [1.807, 2.05) is 6.92 Å². The van der Waals surface area contributed by atoms with Crippen LogP contribution in [-0.4, -0.2) is 58.5 Å². The number of carbonyl (C=O) groups excluding carboxylic acids is 3. The maximum absolute atomic E-state index is 13.9. The van der Waals surface area contributed by atoms with Gasteiger partial charge in [0, 0.05) is 17.5 Å². The molecule has 10 heteroatoms. The molecule has 2 aromatic rings. The Labute approximate surface area is 222 Å². The Morgan fingerprint density at radius 3 is 2.32 bits per heavy atom. The minimum Gasteiger partial charge on any atom is -0.508 e. The summed E-state index contributed by atoms with van der Waals surface area (Å²) in [6, 6.07) is 10.7. The van der Waals surface area contributed by atoms with Gasteiger partial charge in [0.25, 0.3) is 5.91 Å². The number of hydrogen-bond donors (Lipinski definition) is 4. The van der Waals surface area contributed by atoms with Crippen LogP contribution >= 0.6 is 12.6 Å². The van der Waals surface area contributed by atoms with Crippen LogP contribution in [0.4, 0.5) is 10.5 Å². The van der Waals surface area contributed by atoms with E-state index < -0.39 is 35.6 Å².